The molecule has 0 fully saturated rings. The van der Waals surface area contributed by atoms with E-state index in [0.717, 1.165) is 22.0 Å². The molecule has 0 aliphatic rings. The van der Waals surface area contributed by atoms with Crippen LogP contribution >= 0.6 is 11.3 Å². The number of thiazole rings is 1. The molecule has 8 heteroatoms. The van der Waals surface area contributed by atoms with Crippen molar-refractivity contribution in [1.82, 2.24) is 9.55 Å². The maximum absolute atomic E-state index is 11.6. The molecule has 28 heavy (non-hydrogen) atoms. The quantitative estimate of drug-likeness (QED) is 0.539. The SMILES string of the molecule is CS(=O)(=O)c1ccc(Cc2cn(-c3nc(C(=O)O)cs3)c3ccccc23)cc1. The Hall–Kier alpha value is -2.97. The minimum absolute atomic E-state index is 0.0238. The smallest absolute Gasteiger partial charge is 0.355 e. The van der Waals surface area contributed by atoms with Gasteiger partial charge in [0.15, 0.2) is 20.7 Å². The molecule has 0 aliphatic carbocycles. The van der Waals surface area contributed by atoms with Crippen LogP contribution in [0.4, 0.5) is 0 Å². The van der Waals surface area contributed by atoms with E-state index in [4.69, 9.17) is 5.11 Å². The first-order chi connectivity index (χ1) is 13.3. The number of carboxylic acid groups (broad SMARTS) is 1. The van der Waals surface area contributed by atoms with Gasteiger partial charge in [0.1, 0.15) is 0 Å². The highest BCUT2D eigenvalue weighted by atomic mass is 32.2. The number of carbonyl (C=O) groups is 1. The largest absolute Gasteiger partial charge is 0.476 e. The molecule has 0 amide bonds. The first kappa shape index (κ1) is 18.4. The third kappa shape index (κ3) is 3.44. The molecule has 2 aromatic carbocycles. The van der Waals surface area contributed by atoms with Crippen molar-refractivity contribution in [1.29, 1.82) is 0 Å². The predicted octanol–water partition coefficient (Wildman–Crippen LogP) is 3.78. The van der Waals surface area contributed by atoms with Crippen molar-refractivity contribution in [2.24, 2.45) is 0 Å². The van der Waals surface area contributed by atoms with E-state index in [1.54, 1.807) is 12.1 Å². The number of benzene rings is 2. The van der Waals surface area contributed by atoms with E-state index >= 15 is 0 Å². The second-order valence-electron chi connectivity index (χ2n) is 6.45. The normalized spacial score (nSPS) is 11.8. The zero-order valence-electron chi connectivity index (χ0n) is 14.9. The molecular weight excluding hydrogens is 396 g/mol. The van der Waals surface area contributed by atoms with Gasteiger partial charge >= 0.3 is 5.97 Å². The lowest BCUT2D eigenvalue weighted by atomic mass is 10.0. The van der Waals surface area contributed by atoms with Crippen LogP contribution in [0.3, 0.4) is 0 Å². The number of aromatic carboxylic acids is 1. The first-order valence-electron chi connectivity index (χ1n) is 8.40. The summed E-state index contributed by atoms with van der Waals surface area (Å²) in [7, 11) is -3.22. The molecule has 0 spiro atoms. The minimum Gasteiger partial charge on any atom is -0.476 e. The van der Waals surface area contributed by atoms with Crippen LogP contribution in [0.15, 0.2) is 65.0 Å². The number of hydrogen-bond acceptors (Lipinski definition) is 5. The first-order valence-corrected chi connectivity index (χ1v) is 11.2. The van der Waals surface area contributed by atoms with Crippen LogP contribution in [-0.4, -0.2) is 35.3 Å². The third-order valence-electron chi connectivity index (χ3n) is 4.46. The fourth-order valence-corrected chi connectivity index (χ4v) is 4.51. The minimum atomic E-state index is -3.22. The van der Waals surface area contributed by atoms with Gasteiger partial charge in [-0.25, -0.2) is 18.2 Å². The number of fused-ring (bicyclic) bond motifs is 1. The maximum atomic E-state index is 11.6. The number of rotatable bonds is 5. The fourth-order valence-electron chi connectivity index (χ4n) is 3.10. The van der Waals surface area contributed by atoms with Gasteiger partial charge in [-0.1, -0.05) is 30.3 Å². The molecule has 2 heterocycles. The molecule has 0 atom stereocenters. The van der Waals surface area contributed by atoms with E-state index in [-0.39, 0.29) is 5.69 Å². The highest BCUT2D eigenvalue weighted by molar-refractivity contribution is 7.90. The number of nitrogens with zero attached hydrogens (tertiary/aromatic N) is 2. The maximum Gasteiger partial charge on any atom is 0.355 e. The van der Waals surface area contributed by atoms with Gasteiger partial charge in [-0.3, -0.25) is 4.57 Å². The van der Waals surface area contributed by atoms with E-state index in [1.807, 2.05) is 47.2 Å². The molecular formula is C20H16N2O4S2. The lowest BCUT2D eigenvalue weighted by molar-refractivity contribution is 0.0691. The summed E-state index contributed by atoms with van der Waals surface area (Å²) in [6, 6.07) is 14.7. The van der Waals surface area contributed by atoms with Crippen molar-refractivity contribution in [2.75, 3.05) is 6.26 Å². The zero-order valence-corrected chi connectivity index (χ0v) is 16.5. The van der Waals surface area contributed by atoms with Crippen molar-refractivity contribution in [2.45, 2.75) is 11.3 Å². The second-order valence-corrected chi connectivity index (χ2v) is 9.31. The molecule has 0 saturated heterocycles. The van der Waals surface area contributed by atoms with Crippen LogP contribution < -0.4 is 0 Å². The lowest BCUT2D eigenvalue weighted by Gasteiger charge is -2.02. The van der Waals surface area contributed by atoms with Gasteiger partial charge in [0.05, 0.1) is 10.4 Å². The lowest BCUT2D eigenvalue weighted by Crippen LogP contribution is -1.98. The van der Waals surface area contributed by atoms with E-state index < -0.39 is 15.8 Å². The summed E-state index contributed by atoms with van der Waals surface area (Å²) >= 11 is 1.27. The fraction of sp³-hybridized carbons (Fsp3) is 0.100. The van der Waals surface area contributed by atoms with Crippen LogP contribution in [0.1, 0.15) is 21.6 Å². The van der Waals surface area contributed by atoms with Gasteiger partial charge in [-0.05, 0) is 35.7 Å². The molecule has 4 rings (SSSR count). The molecule has 6 nitrogen and oxygen atoms in total. The highest BCUT2D eigenvalue weighted by Crippen LogP contribution is 2.28. The molecule has 0 bridgehead atoms. The number of para-hydroxylation sites is 1. The predicted molar refractivity (Wildman–Crippen MR) is 108 cm³/mol. The molecule has 0 radical (unpaired) electrons. The Bertz CT molecular complexity index is 1290. The van der Waals surface area contributed by atoms with Crippen LogP contribution in [0, 0.1) is 0 Å². The van der Waals surface area contributed by atoms with Crippen LogP contribution in [0.25, 0.3) is 16.0 Å². The van der Waals surface area contributed by atoms with Crippen LogP contribution in [0.5, 0.6) is 0 Å². The molecule has 2 aromatic heterocycles. The van der Waals surface area contributed by atoms with E-state index in [2.05, 4.69) is 4.98 Å². The van der Waals surface area contributed by atoms with Crippen molar-refractivity contribution < 1.29 is 18.3 Å². The Morgan fingerprint density at radius 3 is 2.50 bits per heavy atom. The summed E-state index contributed by atoms with van der Waals surface area (Å²) in [4.78, 5) is 15.6. The van der Waals surface area contributed by atoms with Gasteiger partial charge in [-0.15, -0.1) is 11.3 Å². The van der Waals surface area contributed by atoms with Gasteiger partial charge in [0, 0.05) is 23.2 Å². The summed E-state index contributed by atoms with van der Waals surface area (Å²) in [6.07, 6.45) is 3.77. The number of sulfone groups is 1. The Morgan fingerprint density at radius 1 is 1.14 bits per heavy atom. The van der Waals surface area contributed by atoms with E-state index in [0.29, 0.717) is 16.4 Å². The zero-order chi connectivity index (χ0) is 19.9. The summed E-state index contributed by atoms with van der Waals surface area (Å²) in [6.45, 7) is 0. The van der Waals surface area contributed by atoms with Crippen molar-refractivity contribution in [3.8, 4) is 5.13 Å². The Balaban J connectivity index is 1.75. The highest BCUT2D eigenvalue weighted by Gasteiger charge is 2.15. The van der Waals surface area contributed by atoms with E-state index in [1.165, 1.54) is 23.0 Å². The number of carboxylic acids is 1. The summed E-state index contributed by atoms with van der Waals surface area (Å²) in [5, 5.41) is 12.3. The van der Waals surface area contributed by atoms with Crippen molar-refractivity contribution in [3.05, 3.63) is 76.9 Å². The average Bonchev–Trinajstić information content (AvgIpc) is 3.27. The van der Waals surface area contributed by atoms with Crippen LogP contribution in [0.2, 0.25) is 0 Å². The Kier molecular flexibility index (Phi) is 4.52. The molecule has 0 saturated carbocycles. The van der Waals surface area contributed by atoms with Gasteiger partial charge in [0.2, 0.25) is 0 Å². The summed E-state index contributed by atoms with van der Waals surface area (Å²) in [5.41, 5.74) is 3.00. The molecule has 4 aromatic rings. The van der Waals surface area contributed by atoms with Crippen LogP contribution in [-0.2, 0) is 16.3 Å². The summed E-state index contributed by atoms with van der Waals surface area (Å²) in [5.74, 6) is -1.05. The molecule has 142 valence electrons. The molecule has 1 N–H and O–H groups in total. The van der Waals surface area contributed by atoms with E-state index in [9.17, 15) is 13.2 Å². The van der Waals surface area contributed by atoms with Gasteiger partial charge < -0.3 is 5.11 Å². The van der Waals surface area contributed by atoms with Gasteiger partial charge in [0.25, 0.3) is 0 Å². The Labute approximate surface area is 165 Å². The topological polar surface area (TPSA) is 89.3 Å². The Morgan fingerprint density at radius 2 is 1.86 bits per heavy atom. The molecule has 0 unspecified atom stereocenters. The van der Waals surface area contributed by atoms with Crippen molar-refractivity contribution >= 4 is 38.0 Å². The standard InChI is InChI=1S/C20H16N2O4S2/c1-28(25,26)15-8-6-13(7-9-15)10-14-11-22(18-5-3-2-4-16(14)18)20-21-17(12-27-20)19(23)24/h2-9,11-12H,10H2,1H3,(H,23,24). The average molecular weight is 412 g/mol. The number of aromatic nitrogens is 2. The summed E-state index contributed by atoms with van der Waals surface area (Å²) < 4.78 is 25.2. The van der Waals surface area contributed by atoms with Crippen molar-refractivity contribution in [3.63, 3.8) is 0 Å². The number of hydrogen-bond donors (Lipinski definition) is 1. The van der Waals surface area contributed by atoms with Gasteiger partial charge in [-0.2, -0.15) is 0 Å². The molecule has 0 aliphatic heterocycles. The third-order valence-corrected chi connectivity index (χ3v) is 6.43. The monoisotopic (exact) mass is 412 g/mol. The second kappa shape index (κ2) is 6.88.